The van der Waals surface area contributed by atoms with E-state index >= 15 is 0 Å². The maximum absolute atomic E-state index is 2.29. The van der Waals surface area contributed by atoms with Crippen molar-refractivity contribution < 1.29 is 0 Å². The van der Waals surface area contributed by atoms with Crippen molar-refractivity contribution in [1.29, 1.82) is 0 Å². The van der Waals surface area contributed by atoms with Gasteiger partial charge in [0.15, 0.2) is 0 Å². The van der Waals surface area contributed by atoms with Crippen molar-refractivity contribution in [3.63, 3.8) is 0 Å². The second kappa shape index (κ2) is 14.6. The van der Waals surface area contributed by atoms with E-state index in [0.29, 0.717) is 0 Å². The Labute approximate surface area is 106 Å². The van der Waals surface area contributed by atoms with Gasteiger partial charge in [-0.05, 0) is 0 Å². The fraction of sp³-hybridized carbons (Fsp3) is 1.00. The van der Waals surface area contributed by atoms with E-state index in [1.807, 2.05) is 16.9 Å². The Balaban J connectivity index is 2.81. The van der Waals surface area contributed by atoms with Gasteiger partial charge in [-0.3, -0.25) is 0 Å². The second-order valence-corrected chi connectivity index (χ2v) is 5.89. The average molecular weight is 274 g/mol. The first kappa shape index (κ1) is 15.6. The summed E-state index contributed by atoms with van der Waals surface area (Å²) in [5.41, 5.74) is 0. The summed E-state index contributed by atoms with van der Waals surface area (Å²) in [6, 6.07) is 0. The molecule has 15 heavy (non-hydrogen) atoms. The Morgan fingerprint density at radius 2 is 0.867 bits per heavy atom. The zero-order valence-electron chi connectivity index (χ0n) is 10.8. The normalized spacial score (nSPS) is 10.8. The van der Waals surface area contributed by atoms with Crippen molar-refractivity contribution in [2.75, 3.05) is 0 Å². The van der Waals surface area contributed by atoms with E-state index in [0.717, 1.165) is 0 Å². The van der Waals surface area contributed by atoms with Crippen molar-refractivity contribution in [2.45, 2.75) is 89.2 Å². The van der Waals surface area contributed by atoms with E-state index in [2.05, 4.69) is 6.92 Å². The van der Waals surface area contributed by atoms with Crippen LogP contribution < -0.4 is 0 Å². The molecule has 1 atom stereocenters. The minimum absolute atomic E-state index is 1.37. The molecule has 1 heteroatoms. The van der Waals surface area contributed by atoms with E-state index in [1.54, 1.807) is 0 Å². The third kappa shape index (κ3) is 14.6. The molecule has 0 fully saturated rings. The molecule has 0 heterocycles. The number of hydrogen-bond donors (Lipinski definition) is 0. The summed E-state index contributed by atoms with van der Waals surface area (Å²) in [7, 11) is 0. The van der Waals surface area contributed by atoms with Crippen molar-refractivity contribution in [3.8, 4) is 0 Å². The van der Waals surface area contributed by atoms with Crippen LogP contribution in [0.3, 0.4) is 0 Å². The molecule has 0 aliphatic rings. The molecular formula is C14H31As. The monoisotopic (exact) mass is 274 g/mol. The summed E-state index contributed by atoms with van der Waals surface area (Å²) >= 11 is 1.89. The molecular weight excluding hydrogens is 243 g/mol. The van der Waals surface area contributed by atoms with Gasteiger partial charge in [0.1, 0.15) is 0 Å². The van der Waals surface area contributed by atoms with Crippen LogP contribution in [0.25, 0.3) is 0 Å². The fourth-order valence-electron chi connectivity index (χ4n) is 1.99. The van der Waals surface area contributed by atoms with Crippen LogP contribution >= 0.6 is 0 Å². The molecule has 0 aliphatic carbocycles. The molecule has 0 N–H and O–H groups in total. The Bertz CT molecular complexity index is 89.5. The molecule has 0 bridgehead atoms. The van der Waals surface area contributed by atoms with Crippen molar-refractivity contribution >= 4 is 16.9 Å². The minimum atomic E-state index is 1.37. The molecule has 0 aromatic rings. The number of rotatable bonds is 12. The third-order valence-electron chi connectivity index (χ3n) is 3.06. The maximum atomic E-state index is 2.29. The topological polar surface area (TPSA) is 0 Å². The molecule has 0 spiro atoms. The summed E-state index contributed by atoms with van der Waals surface area (Å²) in [5, 5.41) is 1.43. The zero-order valence-corrected chi connectivity index (χ0v) is 13.2. The van der Waals surface area contributed by atoms with Gasteiger partial charge in [-0.1, -0.05) is 13.3 Å². The second-order valence-electron chi connectivity index (χ2n) is 4.68. The molecule has 0 radical (unpaired) electrons. The van der Waals surface area contributed by atoms with Crippen LogP contribution in [0.1, 0.15) is 84.0 Å². The summed E-state index contributed by atoms with van der Waals surface area (Å²) in [6.07, 6.45) is 17.6. The van der Waals surface area contributed by atoms with Gasteiger partial charge in [-0.25, -0.2) is 0 Å². The van der Waals surface area contributed by atoms with Crippen molar-refractivity contribution in [1.82, 2.24) is 0 Å². The SMILES string of the molecule is CCCCCCCCCCCCCC[AsH2]. The van der Waals surface area contributed by atoms with E-state index in [1.165, 1.54) is 82.3 Å². The first-order chi connectivity index (χ1) is 7.41. The standard InChI is InChI=1S/C14H31As/c1-2-3-4-5-6-7-8-9-10-11-12-13-14-15/h2-15H2,1H3. The summed E-state index contributed by atoms with van der Waals surface area (Å²) < 4.78 is 0. The van der Waals surface area contributed by atoms with Gasteiger partial charge in [-0.2, -0.15) is 0 Å². The van der Waals surface area contributed by atoms with Crippen LogP contribution in [-0.4, -0.2) is 16.9 Å². The molecule has 0 aromatic carbocycles. The van der Waals surface area contributed by atoms with Crippen LogP contribution in [-0.2, 0) is 0 Å². The predicted molar refractivity (Wildman–Crippen MR) is 74.4 cm³/mol. The molecule has 92 valence electrons. The zero-order chi connectivity index (χ0) is 11.2. The molecule has 1 unspecified atom stereocenters. The van der Waals surface area contributed by atoms with Crippen molar-refractivity contribution in [3.05, 3.63) is 0 Å². The predicted octanol–water partition coefficient (Wildman–Crippen LogP) is 4.74. The van der Waals surface area contributed by atoms with E-state index in [9.17, 15) is 0 Å². The molecule has 0 saturated heterocycles. The molecule has 0 rings (SSSR count). The van der Waals surface area contributed by atoms with E-state index in [-0.39, 0.29) is 0 Å². The van der Waals surface area contributed by atoms with E-state index in [4.69, 9.17) is 0 Å². The van der Waals surface area contributed by atoms with Gasteiger partial charge in [0, 0.05) is 0 Å². The Morgan fingerprint density at radius 3 is 1.20 bits per heavy atom. The summed E-state index contributed by atoms with van der Waals surface area (Å²) in [4.78, 5) is 0. The van der Waals surface area contributed by atoms with Crippen molar-refractivity contribution in [2.24, 2.45) is 0 Å². The van der Waals surface area contributed by atoms with Crippen LogP contribution in [0.4, 0.5) is 0 Å². The van der Waals surface area contributed by atoms with Gasteiger partial charge < -0.3 is 0 Å². The first-order valence-electron chi connectivity index (χ1n) is 7.12. The van der Waals surface area contributed by atoms with Crippen LogP contribution in [0, 0.1) is 0 Å². The van der Waals surface area contributed by atoms with Gasteiger partial charge >= 0.3 is 92.7 Å². The number of hydrogen-bond acceptors (Lipinski definition) is 0. The third-order valence-corrected chi connectivity index (χ3v) is 3.91. The fourth-order valence-corrected chi connectivity index (χ4v) is 2.59. The Kier molecular flexibility index (Phi) is 15.1. The Morgan fingerprint density at radius 1 is 0.533 bits per heavy atom. The van der Waals surface area contributed by atoms with Gasteiger partial charge in [0.05, 0.1) is 0 Å². The molecule has 0 amide bonds. The average Bonchev–Trinajstić information content (AvgIpc) is 2.26. The number of unbranched alkanes of at least 4 members (excludes halogenated alkanes) is 11. The van der Waals surface area contributed by atoms with Gasteiger partial charge in [0.25, 0.3) is 0 Å². The Hall–Kier alpha value is 0.558. The molecule has 0 aliphatic heterocycles. The van der Waals surface area contributed by atoms with Crippen LogP contribution in [0.2, 0.25) is 5.21 Å². The van der Waals surface area contributed by atoms with Crippen LogP contribution in [0.15, 0.2) is 0 Å². The quantitative estimate of drug-likeness (QED) is 0.356. The summed E-state index contributed by atoms with van der Waals surface area (Å²) in [6.45, 7) is 2.29. The summed E-state index contributed by atoms with van der Waals surface area (Å²) in [5.74, 6) is 0. The van der Waals surface area contributed by atoms with Gasteiger partial charge in [0.2, 0.25) is 0 Å². The van der Waals surface area contributed by atoms with E-state index < -0.39 is 0 Å². The van der Waals surface area contributed by atoms with Gasteiger partial charge in [-0.15, -0.1) is 0 Å². The van der Waals surface area contributed by atoms with Crippen LogP contribution in [0.5, 0.6) is 0 Å². The molecule has 0 saturated carbocycles. The molecule has 0 nitrogen and oxygen atoms in total. The first-order valence-corrected chi connectivity index (χ1v) is 8.83. The molecule has 0 aromatic heterocycles.